The van der Waals surface area contributed by atoms with Crippen LogP contribution in [0.5, 0.6) is 23.3 Å². The fourth-order valence-electron chi connectivity index (χ4n) is 13.6. The molecular weight excluding hydrogens is 1190 g/mol. The standard InChI is InChI=1S/C33H43N4O6.C32H41N4O6.2V/c1-19-24(18-38)37-17-25(19)42-28-26(34-22-11-10-21(41-6)15-23(22)35-28)33(13-14-33)12-8-7-9-20-16-32(20,5)43-30(40)36-27(29(37)39)31(2,3)4;1-18-23(17-37)36-16-25(18)41-28-26(33-21-10-9-20(40-5)15-22(21)34-28)32(12-13-32)11-7-6-8-19-14-24(19)42-30(39)35-27(29(36)38)31(2,3)4;;/h10-11,15,19-20,24-25,27H,7-9,12-14,16-17H2,1-6H3,(H,36,40);9-10,15,18-19,23-25,27H,6-8,11-14,16H2,1-5H3,(H,35,39);;/q2*-1;;/t19-,20+,24+,25-,27+,32+;18-,19+,23+,24+,25-,27+;;/m00../s1. The van der Waals surface area contributed by atoms with Crippen molar-refractivity contribution in [3.8, 4) is 23.3 Å². The minimum Gasteiger partial charge on any atom is -0.540 e. The van der Waals surface area contributed by atoms with Gasteiger partial charge in [0, 0.05) is 66.0 Å². The van der Waals surface area contributed by atoms with Gasteiger partial charge in [0.05, 0.1) is 49.4 Å². The molecule has 12 atom stereocenters. The van der Waals surface area contributed by atoms with E-state index in [1.54, 1.807) is 14.2 Å². The van der Waals surface area contributed by atoms with Crippen molar-refractivity contribution in [1.29, 1.82) is 0 Å². The number of methoxy groups -OCH3 is 2. The van der Waals surface area contributed by atoms with Crippen LogP contribution in [0.15, 0.2) is 36.4 Å². The SMILES string of the molecule is COc1ccc2nc3c(nc2c1)O[C@H]1CN(C(=O)[C@H](C(C)(C)C)NC(=O)O[C@@H]2C[C@H]2CCCCC32CC2)[C@H]([C-]=O)[C@@H]1C.COc1ccc2nc3c(nc2c1)O[C@H]1CN(C(=O)[C@H](C(C)(C)C)NC(=O)O[C@]2(C)C[C@H]2CCCCC32CC2)[C@H]([C-]=O)[C@@H]1C.[V].[V]. The van der Waals surface area contributed by atoms with Crippen LogP contribution in [0.3, 0.4) is 0 Å². The maximum absolute atomic E-state index is 14.1. The van der Waals surface area contributed by atoms with Crippen LogP contribution in [-0.2, 0) is 76.6 Å². The van der Waals surface area contributed by atoms with Gasteiger partial charge in [0.1, 0.15) is 58.9 Å². The molecule has 2 radical (unpaired) electrons. The van der Waals surface area contributed by atoms with Crippen LogP contribution in [0.1, 0.15) is 164 Å². The smallest absolute Gasteiger partial charge is 0.408 e. The van der Waals surface area contributed by atoms with Crippen molar-refractivity contribution in [2.24, 2.45) is 34.5 Å². The first-order valence-corrected chi connectivity index (χ1v) is 30.8. The number of amides is 4. The second-order valence-corrected chi connectivity index (χ2v) is 28.1. The van der Waals surface area contributed by atoms with E-state index >= 15 is 0 Å². The molecule has 87 heavy (non-hydrogen) atoms. The van der Waals surface area contributed by atoms with Gasteiger partial charge in [0.15, 0.2) is 0 Å². The number of carbonyl (C=O) groups excluding carboxylic acids is 6. The van der Waals surface area contributed by atoms with Crippen molar-refractivity contribution in [3.05, 3.63) is 47.8 Å². The second kappa shape index (κ2) is 25.3. The molecule has 4 saturated carbocycles. The average molecular weight is 1270 g/mol. The molecule has 20 nitrogen and oxygen atoms in total. The zero-order chi connectivity index (χ0) is 60.5. The van der Waals surface area contributed by atoms with E-state index < -0.39 is 65.0 Å². The Kier molecular flexibility index (Phi) is 19.1. The Morgan fingerprint density at radius 1 is 0.586 bits per heavy atom. The largest absolute Gasteiger partial charge is 0.540 e. The van der Waals surface area contributed by atoms with E-state index in [2.05, 4.69) is 23.2 Å². The van der Waals surface area contributed by atoms with Gasteiger partial charge in [-0.2, -0.15) is 0 Å². The van der Waals surface area contributed by atoms with Crippen LogP contribution in [0.4, 0.5) is 9.59 Å². The van der Waals surface area contributed by atoms with E-state index in [-0.39, 0.29) is 90.8 Å². The number of hydrogen-bond acceptors (Lipinski definition) is 16. The summed E-state index contributed by atoms with van der Waals surface area (Å²) in [4.78, 5) is 102. The van der Waals surface area contributed by atoms with Crippen LogP contribution in [-0.4, -0.2) is 142 Å². The molecule has 2 spiro atoms. The summed E-state index contributed by atoms with van der Waals surface area (Å²) < 4.78 is 35.8. The molecule has 22 heteroatoms. The summed E-state index contributed by atoms with van der Waals surface area (Å²) in [6.45, 7) is 17.4. The maximum atomic E-state index is 14.1. The predicted octanol–water partition coefficient (Wildman–Crippen LogP) is 9.34. The van der Waals surface area contributed by atoms with E-state index in [9.17, 15) is 28.8 Å². The zero-order valence-electron chi connectivity index (χ0n) is 52.1. The summed E-state index contributed by atoms with van der Waals surface area (Å²) in [5, 5.41) is 5.66. The predicted molar refractivity (Wildman–Crippen MR) is 315 cm³/mol. The molecule has 2 aromatic heterocycles. The summed E-state index contributed by atoms with van der Waals surface area (Å²) >= 11 is 0. The molecule has 4 amide bonds. The van der Waals surface area contributed by atoms with E-state index in [0.717, 1.165) is 112 Å². The van der Waals surface area contributed by atoms with Crippen LogP contribution < -0.4 is 29.6 Å². The number of benzene rings is 2. The van der Waals surface area contributed by atoms with Gasteiger partial charge in [-0.05, 0) is 124 Å². The van der Waals surface area contributed by atoms with Crippen LogP contribution >= 0.6 is 0 Å². The van der Waals surface area contributed by atoms with E-state index in [0.29, 0.717) is 46.1 Å². The molecule has 4 aromatic rings. The maximum Gasteiger partial charge on any atom is 0.408 e. The Balaban J connectivity index is 0.000000203. The fraction of sp³-hybridized carbons (Fsp3) is 0.662. The van der Waals surface area contributed by atoms with Gasteiger partial charge < -0.3 is 58.4 Å². The Bertz CT molecular complexity index is 3260. The minimum atomic E-state index is -0.903. The molecule has 8 aliphatic rings. The number of nitrogens with one attached hydrogen (secondary N) is 2. The van der Waals surface area contributed by atoms with E-state index in [1.165, 1.54) is 9.80 Å². The van der Waals surface area contributed by atoms with Gasteiger partial charge in [-0.3, -0.25) is 9.59 Å². The minimum absolute atomic E-state index is 0. The van der Waals surface area contributed by atoms with Crippen LogP contribution in [0.2, 0.25) is 0 Å². The number of alkyl carbamates (subject to hydrolysis) is 2. The van der Waals surface area contributed by atoms with Crippen molar-refractivity contribution in [3.63, 3.8) is 0 Å². The summed E-state index contributed by atoms with van der Waals surface area (Å²) in [5.41, 5.74) is 2.60. The molecule has 4 aliphatic heterocycles. The second-order valence-electron chi connectivity index (χ2n) is 28.1. The molecule has 468 valence electrons. The summed E-state index contributed by atoms with van der Waals surface area (Å²) in [6, 6.07) is 7.86. The van der Waals surface area contributed by atoms with Gasteiger partial charge in [-0.25, -0.2) is 42.1 Å². The van der Waals surface area contributed by atoms with E-state index in [4.69, 9.17) is 48.4 Å². The van der Waals surface area contributed by atoms with Crippen molar-refractivity contribution >= 4 is 58.6 Å². The molecule has 2 aromatic carbocycles. The zero-order valence-corrected chi connectivity index (χ0v) is 54.9. The van der Waals surface area contributed by atoms with Crippen molar-refractivity contribution in [2.45, 2.75) is 211 Å². The van der Waals surface area contributed by atoms with Crippen molar-refractivity contribution < 1.29 is 94.3 Å². The monoisotopic (exact) mass is 1270 g/mol. The van der Waals surface area contributed by atoms with Gasteiger partial charge in [0.2, 0.25) is 23.6 Å². The van der Waals surface area contributed by atoms with Crippen molar-refractivity contribution in [1.82, 2.24) is 40.4 Å². The number of hydrogen-bond donors (Lipinski definition) is 2. The number of aromatic nitrogens is 4. The third-order valence-electron chi connectivity index (χ3n) is 19.8. The van der Waals surface area contributed by atoms with Gasteiger partial charge in [-0.15, -0.1) is 0 Å². The molecular formula is C65H84N8O12V2-2. The first-order chi connectivity index (χ1) is 40.4. The molecule has 2 saturated heterocycles. The Morgan fingerprint density at radius 3 is 1.46 bits per heavy atom. The summed E-state index contributed by atoms with van der Waals surface area (Å²) in [7, 11) is 3.23. The van der Waals surface area contributed by atoms with Gasteiger partial charge in [-0.1, -0.05) is 93.2 Å². The fourth-order valence-corrected chi connectivity index (χ4v) is 13.6. The number of rotatable bonds is 4. The topological polar surface area (TPSA) is 240 Å². The normalized spacial score (nSPS) is 31.0. The van der Waals surface area contributed by atoms with Gasteiger partial charge >= 0.3 is 12.2 Å². The first kappa shape index (κ1) is 65.7. The van der Waals surface area contributed by atoms with Crippen LogP contribution in [0, 0.1) is 34.5 Å². The first-order valence-electron chi connectivity index (χ1n) is 30.8. The molecule has 6 fully saturated rings. The number of nitrogens with zero attached hydrogens (tertiary/aromatic N) is 6. The Hall–Kier alpha value is -5.69. The van der Waals surface area contributed by atoms with Gasteiger partial charge in [0.25, 0.3) is 0 Å². The molecule has 4 aliphatic carbocycles. The summed E-state index contributed by atoms with van der Waals surface area (Å²) in [5.74, 6) is 1.49. The molecule has 6 heterocycles. The molecule has 2 N–H and O–H groups in total. The number of ether oxygens (including phenoxy) is 6. The third-order valence-corrected chi connectivity index (χ3v) is 19.8. The Labute approximate surface area is 534 Å². The third kappa shape index (κ3) is 13.6. The Morgan fingerprint density at radius 2 is 1.03 bits per heavy atom. The molecule has 4 bridgehead atoms. The molecule has 12 rings (SSSR count). The molecule has 0 unspecified atom stereocenters. The summed E-state index contributed by atoms with van der Waals surface area (Å²) in [6.07, 6.45) is 15.5. The van der Waals surface area contributed by atoms with Crippen LogP contribution in [0.25, 0.3) is 22.1 Å². The quantitative estimate of drug-likeness (QED) is 0.181. The van der Waals surface area contributed by atoms with E-state index in [1.807, 2.05) is 98.7 Å². The number of carbonyl (C=O) groups is 4. The van der Waals surface area contributed by atoms with Crippen molar-refractivity contribution in [2.75, 3.05) is 27.3 Å². The number of fused-ring (bicyclic) bond motifs is 12. The average Bonchev–Trinajstić information content (AvgIpc) is 1.73.